The lowest BCUT2D eigenvalue weighted by atomic mass is 9.75. The van der Waals surface area contributed by atoms with E-state index in [0.717, 1.165) is 13.0 Å². The van der Waals surface area contributed by atoms with Gasteiger partial charge in [0.05, 0.1) is 0 Å². The lowest BCUT2D eigenvalue weighted by Crippen LogP contribution is -2.44. The Kier molecular flexibility index (Phi) is 4.03. The lowest BCUT2D eigenvalue weighted by Gasteiger charge is -2.40. The fourth-order valence-corrected chi connectivity index (χ4v) is 5.14. The van der Waals surface area contributed by atoms with Crippen LogP contribution in [0, 0.1) is 22.7 Å². The summed E-state index contributed by atoms with van der Waals surface area (Å²) in [5, 5.41) is 0.256. The summed E-state index contributed by atoms with van der Waals surface area (Å²) in [6.07, 6.45) is 3.18. The zero-order valence-electron chi connectivity index (χ0n) is 15.3. The molecule has 2 saturated carbocycles. The van der Waals surface area contributed by atoms with E-state index >= 15 is 0 Å². The standard InChI is InChI=1S/C18H34O2Si/c1-16(2,3)21(7,8)20-12-18(6)10-9-13-14(18)11-15(19)17(13,4)5/h13-14H,9-12H2,1-8H3/t13-,14-,18+/m0/s1. The number of hydrogen-bond acceptors (Lipinski definition) is 2. The maximum atomic E-state index is 12.3. The number of rotatable bonds is 3. The molecule has 2 aliphatic carbocycles. The molecule has 122 valence electrons. The summed E-state index contributed by atoms with van der Waals surface area (Å²) >= 11 is 0. The predicted molar refractivity (Wildman–Crippen MR) is 90.9 cm³/mol. The fourth-order valence-electron chi connectivity index (χ4n) is 4.02. The number of carbonyl (C=O) groups excluding carboxylic acids is 1. The van der Waals surface area contributed by atoms with Gasteiger partial charge < -0.3 is 4.43 Å². The molecule has 0 aromatic carbocycles. The Bertz CT molecular complexity index is 433. The van der Waals surface area contributed by atoms with E-state index in [2.05, 4.69) is 54.6 Å². The zero-order chi connectivity index (χ0) is 16.3. The van der Waals surface area contributed by atoms with Crippen LogP contribution >= 0.6 is 0 Å². The highest BCUT2D eigenvalue weighted by Crippen LogP contribution is 2.60. The van der Waals surface area contributed by atoms with Gasteiger partial charge in [-0.15, -0.1) is 0 Å². The van der Waals surface area contributed by atoms with Crippen molar-refractivity contribution in [1.29, 1.82) is 0 Å². The maximum Gasteiger partial charge on any atom is 0.192 e. The largest absolute Gasteiger partial charge is 0.416 e. The van der Waals surface area contributed by atoms with Crippen molar-refractivity contribution in [2.45, 2.75) is 78.9 Å². The second-order valence-electron chi connectivity index (χ2n) is 9.80. The second-order valence-corrected chi connectivity index (χ2v) is 14.6. The molecule has 0 aliphatic heterocycles. The molecule has 3 atom stereocenters. The van der Waals surface area contributed by atoms with E-state index in [1.165, 1.54) is 12.8 Å². The van der Waals surface area contributed by atoms with Gasteiger partial charge >= 0.3 is 0 Å². The van der Waals surface area contributed by atoms with E-state index < -0.39 is 8.32 Å². The second kappa shape index (κ2) is 4.92. The minimum Gasteiger partial charge on any atom is -0.416 e. The Labute approximate surface area is 132 Å². The third-order valence-corrected chi connectivity index (χ3v) is 11.5. The molecule has 0 bridgehead atoms. The van der Waals surface area contributed by atoms with Gasteiger partial charge in [0.1, 0.15) is 5.78 Å². The molecule has 2 fully saturated rings. The van der Waals surface area contributed by atoms with Gasteiger partial charge in [-0.2, -0.15) is 0 Å². The van der Waals surface area contributed by atoms with Crippen LogP contribution in [-0.2, 0) is 9.22 Å². The monoisotopic (exact) mass is 310 g/mol. The topological polar surface area (TPSA) is 26.3 Å². The fraction of sp³-hybridized carbons (Fsp3) is 0.944. The molecule has 2 nitrogen and oxygen atoms in total. The van der Waals surface area contributed by atoms with Crippen LogP contribution < -0.4 is 0 Å². The Balaban J connectivity index is 2.10. The van der Waals surface area contributed by atoms with Gasteiger partial charge in [-0.1, -0.05) is 41.5 Å². The van der Waals surface area contributed by atoms with Crippen LogP contribution in [-0.4, -0.2) is 20.7 Å². The molecule has 0 saturated heterocycles. The molecule has 0 aromatic heterocycles. The smallest absolute Gasteiger partial charge is 0.192 e. The van der Waals surface area contributed by atoms with Crippen molar-refractivity contribution in [3.05, 3.63) is 0 Å². The molecular weight excluding hydrogens is 276 g/mol. The Morgan fingerprint density at radius 3 is 2.29 bits per heavy atom. The number of carbonyl (C=O) groups is 1. The quantitative estimate of drug-likeness (QED) is 0.683. The summed E-state index contributed by atoms with van der Waals surface area (Å²) < 4.78 is 6.52. The SMILES string of the molecule is CC1(C)C(=O)C[C@H]2[C@@H]1CC[C@]2(C)CO[Si](C)(C)C(C)(C)C. The molecule has 0 radical (unpaired) electrons. The van der Waals surface area contributed by atoms with Crippen molar-refractivity contribution in [3.63, 3.8) is 0 Å². The van der Waals surface area contributed by atoms with Crippen LogP contribution in [0.1, 0.15) is 60.8 Å². The van der Waals surface area contributed by atoms with Crippen LogP contribution in [0.4, 0.5) is 0 Å². The molecule has 2 rings (SSSR count). The summed E-state index contributed by atoms with van der Waals surface area (Å²) in [7, 11) is -1.70. The van der Waals surface area contributed by atoms with Crippen molar-refractivity contribution < 1.29 is 9.22 Å². The van der Waals surface area contributed by atoms with Gasteiger partial charge in [0.2, 0.25) is 0 Å². The van der Waals surface area contributed by atoms with Gasteiger partial charge in [-0.3, -0.25) is 4.79 Å². The van der Waals surface area contributed by atoms with E-state index in [0.29, 0.717) is 17.6 Å². The molecule has 0 amide bonds. The van der Waals surface area contributed by atoms with Crippen molar-refractivity contribution in [3.8, 4) is 0 Å². The number of Topliss-reactive ketones (excluding diaryl/α,β-unsaturated/α-hetero) is 1. The molecule has 0 N–H and O–H groups in total. The zero-order valence-corrected chi connectivity index (χ0v) is 16.3. The molecule has 21 heavy (non-hydrogen) atoms. The molecule has 3 heteroatoms. The third kappa shape index (κ3) is 2.76. The van der Waals surface area contributed by atoms with E-state index in [9.17, 15) is 4.79 Å². The van der Waals surface area contributed by atoms with Gasteiger partial charge in [-0.05, 0) is 48.2 Å². The molecule has 0 aromatic rings. The average Bonchev–Trinajstić information content (AvgIpc) is 2.75. The molecule has 0 spiro atoms. The summed E-state index contributed by atoms with van der Waals surface area (Å²) in [6.45, 7) is 19.0. The normalized spacial score (nSPS) is 36.1. The van der Waals surface area contributed by atoms with Gasteiger partial charge in [0, 0.05) is 18.4 Å². The minimum atomic E-state index is -1.70. The highest BCUT2D eigenvalue weighted by Gasteiger charge is 2.58. The van der Waals surface area contributed by atoms with Gasteiger partial charge in [0.15, 0.2) is 8.32 Å². The van der Waals surface area contributed by atoms with Crippen LogP contribution in [0.5, 0.6) is 0 Å². The van der Waals surface area contributed by atoms with E-state index in [1.54, 1.807) is 0 Å². The number of ketones is 1. The van der Waals surface area contributed by atoms with Crippen LogP contribution in [0.3, 0.4) is 0 Å². The number of hydrogen-bond donors (Lipinski definition) is 0. The first-order valence-electron chi connectivity index (χ1n) is 8.48. The summed E-state index contributed by atoms with van der Waals surface area (Å²) in [5.74, 6) is 1.57. The van der Waals surface area contributed by atoms with E-state index in [1.807, 2.05) is 0 Å². The van der Waals surface area contributed by atoms with Crippen LogP contribution in [0.15, 0.2) is 0 Å². The van der Waals surface area contributed by atoms with Crippen molar-refractivity contribution >= 4 is 14.1 Å². The van der Waals surface area contributed by atoms with Crippen LogP contribution in [0.2, 0.25) is 18.1 Å². The molecule has 2 aliphatic rings. The van der Waals surface area contributed by atoms with E-state index in [-0.39, 0.29) is 15.9 Å². The number of fused-ring (bicyclic) bond motifs is 1. The lowest BCUT2D eigenvalue weighted by molar-refractivity contribution is -0.125. The Hall–Kier alpha value is -0.153. The van der Waals surface area contributed by atoms with Gasteiger partial charge in [-0.25, -0.2) is 0 Å². The Morgan fingerprint density at radius 1 is 1.19 bits per heavy atom. The molecule has 0 unspecified atom stereocenters. The minimum absolute atomic E-state index is 0.112. The van der Waals surface area contributed by atoms with Crippen LogP contribution in [0.25, 0.3) is 0 Å². The highest BCUT2D eigenvalue weighted by atomic mass is 28.4. The van der Waals surface area contributed by atoms with Crippen molar-refractivity contribution in [2.24, 2.45) is 22.7 Å². The maximum absolute atomic E-state index is 12.3. The van der Waals surface area contributed by atoms with Crippen molar-refractivity contribution in [2.75, 3.05) is 6.61 Å². The highest BCUT2D eigenvalue weighted by molar-refractivity contribution is 6.74. The molecular formula is C18H34O2Si. The average molecular weight is 311 g/mol. The van der Waals surface area contributed by atoms with Gasteiger partial charge in [0.25, 0.3) is 0 Å². The first-order valence-corrected chi connectivity index (χ1v) is 11.4. The molecule has 0 heterocycles. The summed E-state index contributed by atoms with van der Waals surface area (Å²) in [6, 6.07) is 0. The third-order valence-electron chi connectivity index (χ3n) is 7.03. The first-order chi connectivity index (χ1) is 9.31. The summed E-state index contributed by atoms with van der Waals surface area (Å²) in [5.41, 5.74) is 0.0863. The Morgan fingerprint density at radius 2 is 1.76 bits per heavy atom. The van der Waals surface area contributed by atoms with E-state index in [4.69, 9.17) is 4.43 Å². The van der Waals surface area contributed by atoms with Crippen molar-refractivity contribution in [1.82, 2.24) is 0 Å². The predicted octanol–water partition coefficient (Wildman–Crippen LogP) is 5.04. The first kappa shape index (κ1) is 17.2. The summed E-state index contributed by atoms with van der Waals surface area (Å²) in [4.78, 5) is 12.3.